The molecule has 0 spiro atoms. The van der Waals surface area contributed by atoms with E-state index in [9.17, 15) is 4.79 Å². The van der Waals surface area contributed by atoms with Crippen LogP contribution in [-0.2, 0) is 12.0 Å². The van der Waals surface area contributed by atoms with Crippen LogP contribution < -0.4 is 5.32 Å². The summed E-state index contributed by atoms with van der Waals surface area (Å²) in [4.78, 5) is 12.5. The van der Waals surface area contributed by atoms with Crippen molar-refractivity contribution in [2.75, 3.05) is 6.54 Å². The molecule has 3 aromatic rings. The molecule has 1 amide bonds. The molecule has 1 aromatic heterocycles. The van der Waals surface area contributed by atoms with Crippen molar-refractivity contribution in [1.82, 2.24) is 15.1 Å². The molecule has 0 aliphatic heterocycles. The summed E-state index contributed by atoms with van der Waals surface area (Å²) in [6.45, 7) is 1.41. The largest absolute Gasteiger partial charge is 0.351 e. The van der Waals surface area contributed by atoms with E-state index < -0.39 is 0 Å². The van der Waals surface area contributed by atoms with Crippen LogP contribution in [0.25, 0.3) is 0 Å². The number of carbonyl (C=O) groups is 1. The number of hydrogen-bond acceptors (Lipinski definition) is 2. The Bertz CT molecular complexity index is 835. The van der Waals surface area contributed by atoms with Gasteiger partial charge in [0.25, 0.3) is 5.91 Å². The van der Waals surface area contributed by atoms with Crippen molar-refractivity contribution in [3.8, 4) is 0 Å². The molecule has 0 radical (unpaired) electrons. The Morgan fingerprint density at radius 3 is 2.44 bits per heavy atom. The van der Waals surface area contributed by atoms with E-state index in [1.807, 2.05) is 47.3 Å². The molecular weight excluding hydrogens is 310 g/mol. The number of benzene rings is 2. The topological polar surface area (TPSA) is 46.9 Å². The molecule has 1 saturated carbocycles. The summed E-state index contributed by atoms with van der Waals surface area (Å²) in [7, 11) is 0. The zero-order valence-electron chi connectivity index (χ0n) is 14.1. The van der Waals surface area contributed by atoms with E-state index >= 15 is 0 Å². The van der Waals surface area contributed by atoms with E-state index in [-0.39, 0.29) is 11.3 Å². The van der Waals surface area contributed by atoms with Crippen LogP contribution in [0.4, 0.5) is 0 Å². The van der Waals surface area contributed by atoms with Crippen molar-refractivity contribution in [2.24, 2.45) is 0 Å². The average Bonchev–Trinajstić information content (AvgIpc) is 3.29. The molecule has 1 aliphatic carbocycles. The van der Waals surface area contributed by atoms with Gasteiger partial charge < -0.3 is 5.32 Å². The smallest absolute Gasteiger partial charge is 0.251 e. The van der Waals surface area contributed by atoms with Gasteiger partial charge in [-0.1, -0.05) is 42.5 Å². The second kappa shape index (κ2) is 6.55. The molecule has 4 nitrogen and oxygen atoms in total. The highest BCUT2D eigenvalue weighted by Crippen LogP contribution is 2.47. The van der Waals surface area contributed by atoms with Gasteiger partial charge in [0.15, 0.2) is 0 Å². The van der Waals surface area contributed by atoms with Crippen molar-refractivity contribution in [2.45, 2.75) is 24.8 Å². The highest BCUT2D eigenvalue weighted by Gasteiger charge is 2.44. The third kappa shape index (κ3) is 3.48. The van der Waals surface area contributed by atoms with Crippen LogP contribution in [0.15, 0.2) is 73.1 Å². The van der Waals surface area contributed by atoms with Gasteiger partial charge in [0, 0.05) is 29.9 Å². The molecule has 25 heavy (non-hydrogen) atoms. The van der Waals surface area contributed by atoms with Crippen molar-refractivity contribution >= 4 is 5.91 Å². The van der Waals surface area contributed by atoms with Gasteiger partial charge in [0.2, 0.25) is 0 Å². The van der Waals surface area contributed by atoms with Gasteiger partial charge in [-0.2, -0.15) is 5.10 Å². The van der Waals surface area contributed by atoms with Gasteiger partial charge >= 0.3 is 0 Å². The number of amides is 1. The maximum atomic E-state index is 12.5. The molecule has 2 aromatic carbocycles. The predicted molar refractivity (Wildman–Crippen MR) is 97.5 cm³/mol. The molecular formula is C21H21N3O. The Hall–Kier alpha value is -2.88. The minimum atomic E-state index is -0.00662. The molecule has 0 atom stereocenters. The Balaban J connectivity index is 1.37. The fourth-order valence-corrected chi connectivity index (χ4v) is 3.20. The van der Waals surface area contributed by atoms with E-state index in [0.717, 1.165) is 18.4 Å². The van der Waals surface area contributed by atoms with Crippen molar-refractivity contribution in [1.29, 1.82) is 0 Å². The van der Waals surface area contributed by atoms with Crippen LogP contribution in [0.5, 0.6) is 0 Å². The lowest BCUT2D eigenvalue weighted by Gasteiger charge is -2.16. The molecule has 1 N–H and O–H groups in total. The highest BCUT2D eigenvalue weighted by atomic mass is 16.1. The number of carbonyl (C=O) groups excluding carboxylic acids is 1. The summed E-state index contributed by atoms with van der Waals surface area (Å²) in [5.41, 5.74) is 3.29. The Kier molecular flexibility index (Phi) is 4.10. The zero-order valence-corrected chi connectivity index (χ0v) is 14.1. The average molecular weight is 331 g/mol. The van der Waals surface area contributed by atoms with Crippen molar-refractivity contribution in [3.63, 3.8) is 0 Å². The second-order valence-electron chi connectivity index (χ2n) is 6.73. The van der Waals surface area contributed by atoms with Gasteiger partial charge in [-0.3, -0.25) is 9.48 Å². The molecule has 1 heterocycles. The standard InChI is InChI=1S/C21H21N3O/c25-20(22-16-21(11-12-21)19-5-2-1-3-6-19)18-9-7-17(8-10-18)15-24-14-4-13-23-24/h1-10,13-14H,11-12,15-16H2,(H,22,25). The summed E-state index contributed by atoms with van der Waals surface area (Å²) in [5.74, 6) is -0.00662. The zero-order chi connectivity index (χ0) is 17.1. The number of hydrogen-bond donors (Lipinski definition) is 1. The summed E-state index contributed by atoms with van der Waals surface area (Å²) in [6, 6.07) is 20.1. The van der Waals surface area contributed by atoms with Crippen LogP contribution in [0, 0.1) is 0 Å². The summed E-state index contributed by atoms with van der Waals surface area (Å²) in [6.07, 6.45) is 5.97. The third-order valence-electron chi connectivity index (χ3n) is 4.95. The SMILES string of the molecule is O=C(NCC1(c2ccccc2)CC1)c1ccc(Cn2cccn2)cc1. The Morgan fingerprint density at radius 2 is 1.80 bits per heavy atom. The van der Waals surface area contributed by atoms with Gasteiger partial charge in [0.05, 0.1) is 6.54 Å². The fraction of sp³-hybridized carbons (Fsp3) is 0.238. The fourth-order valence-electron chi connectivity index (χ4n) is 3.20. The van der Waals surface area contributed by atoms with E-state index in [1.165, 1.54) is 5.56 Å². The first kappa shape index (κ1) is 15.6. The first-order valence-electron chi connectivity index (χ1n) is 8.65. The van der Waals surface area contributed by atoms with E-state index in [2.05, 4.69) is 34.7 Å². The van der Waals surface area contributed by atoms with Crippen LogP contribution in [0.2, 0.25) is 0 Å². The monoisotopic (exact) mass is 331 g/mol. The number of rotatable bonds is 6. The molecule has 4 heteroatoms. The maximum Gasteiger partial charge on any atom is 0.251 e. The predicted octanol–water partition coefficient (Wildman–Crippen LogP) is 3.39. The Morgan fingerprint density at radius 1 is 1.04 bits per heavy atom. The van der Waals surface area contributed by atoms with Gasteiger partial charge in [-0.05, 0) is 42.2 Å². The van der Waals surface area contributed by atoms with E-state index in [1.54, 1.807) is 6.20 Å². The van der Waals surface area contributed by atoms with E-state index in [4.69, 9.17) is 0 Å². The number of aromatic nitrogens is 2. The number of nitrogens with zero attached hydrogens (tertiary/aromatic N) is 2. The molecule has 126 valence electrons. The van der Waals surface area contributed by atoms with Gasteiger partial charge in [-0.15, -0.1) is 0 Å². The van der Waals surface area contributed by atoms with Gasteiger partial charge in [-0.25, -0.2) is 0 Å². The van der Waals surface area contributed by atoms with Crippen molar-refractivity contribution < 1.29 is 4.79 Å². The first-order valence-corrected chi connectivity index (χ1v) is 8.65. The molecule has 0 saturated heterocycles. The maximum absolute atomic E-state index is 12.5. The minimum absolute atomic E-state index is 0.00662. The van der Waals surface area contributed by atoms with Crippen LogP contribution >= 0.6 is 0 Å². The highest BCUT2D eigenvalue weighted by molar-refractivity contribution is 5.94. The quantitative estimate of drug-likeness (QED) is 0.752. The molecule has 0 bridgehead atoms. The first-order chi connectivity index (χ1) is 12.3. The molecule has 1 aliphatic rings. The summed E-state index contributed by atoms with van der Waals surface area (Å²) < 4.78 is 1.87. The lowest BCUT2D eigenvalue weighted by Crippen LogP contribution is -2.32. The van der Waals surface area contributed by atoms with Crippen LogP contribution in [0.3, 0.4) is 0 Å². The lowest BCUT2D eigenvalue weighted by atomic mass is 9.96. The summed E-state index contributed by atoms with van der Waals surface area (Å²) in [5, 5.41) is 7.31. The number of nitrogens with one attached hydrogen (secondary N) is 1. The second-order valence-corrected chi connectivity index (χ2v) is 6.73. The Labute approximate surface area is 147 Å². The molecule has 1 fully saturated rings. The molecule has 4 rings (SSSR count). The van der Waals surface area contributed by atoms with Crippen LogP contribution in [0.1, 0.15) is 34.3 Å². The van der Waals surface area contributed by atoms with Crippen LogP contribution in [-0.4, -0.2) is 22.2 Å². The normalized spacial score (nSPS) is 14.9. The third-order valence-corrected chi connectivity index (χ3v) is 4.95. The van der Waals surface area contributed by atoms with Crippen molar-refractivity contribution in [3.05, 3.63) is 89.7 Å². The lowest BCUT2D eigenvalue weighted by molar-refractivity contribution is 0.0949. The summed E-state index contributed by atoms with van der Waals surface area (Å²) >= 11 is 0. The van der Waals surface area contributed by atoms with Gasteiger partial charge in [0.1, 0.15) is 0 Å². The van der Waals surface area contributed by atoms with E-state index in [0.29, 0.717) is 18.7 Å². The minimum Gasteiger partial charge on any atom is -0.351 e. The molecule has 0 unspecified atom stereocenters.